The van der Waals surface area contributed by atoms with E-state index in [4.69, 9.17) is 0 Å². The normalized spacial score (nSPS) is 36.4. The van der Waals surface area contributed by atoms with Crippen LogP contribution in [0.5, 0.6) is 0 Å². The summed E-state index contributed by atoms with van der Waals surface area (Å²) in [6.45, 7) is 8.31. The molecule has 18 heavy (non-hydrogen) atoms. The Bertz CT molecular complexity index is 326. The molecule has 2 atom stereocenters. The fraction of sp³-hybridized carbons (Fsp3) is 0.929. The standard InChI is InChI=1S/C14H26N2O2/c1-13(2)6-4-8-15-11(13)12(17)16-9-5-7-14(3,18)10-16/h11,15,18H,4-10H2,1-3H3. The van der Waals surface area contributed by atoms with Crippen LogP contribution in [0.1, 0.15) is 46.5 Å². The molecule has 2 N–H and O–H groups in total. The molecular weight excluding hydrogens is 228 g/mol. The minimum absolute atomic E-state index is 0.0125. The van der Waals surface area contributed by atoms with Crippen molar-refractivity contribution in [2.45, 2.75) is 58.1 Å². The molecule has 0 spiro atoms. The van der Waals surface area contributed by atoms with Crippen LogP contribution in [0.3, 0.4) is 0 Å². The van der Waals surface area contributed by atoms with Crippen LogP contribution in [-0.4, -0.2) is 47.2 Å². The van der Waals surface area contributed by atoms with Crippen LogP contribution in [-0.2, 0) is 4.79 Å². The largest absolute Gasteiger partial charge is 0.388 e. The van der Waals surface area contributed by atoms with Gasteiger partial charge in [0.25, 0.3) is 0 Å². The van der Waals surface area contributed by atoms with Gasteiger partial charge in [-0.15, -0.1) is 0 Å². The number of nitrogens with zero attached hydrogens (tertiary/aromatic N) is 1. The second-order valence-corrected chi connectivity index (χ2v) is 6.84. The zero-order valence-corrected chi connectivity index (χ0v) is 11.8. The van der Waals surface area contributed by atoms with Gasteiger partial charge in [-0.25, -0.2) is 0 Å². The monoisotopic (exact) mass is 254 g/mol. The summed E-state index contributed by atoms with van der Waals surface area (Å²) in [5.41, 5.74) is -0.703. The van der Waals surface area contributed by atoms with Gasteiger partial charge in [0.2, 0.25) is 5.91 Å². The average molecular weight is 254 g/mol. The average Bonchev–Trinajstić information content (AvgIpc) is 2.26. The number of hydrogen-bond acceptors (Lipinski definition) is 3. The summed E-state index contributed by atoms with van der Waals surface area (Å²) in [4.78, 5) is 14.5. The number of likely N-dealkylation sites (tertiary alicyclic amines) is 1. The molecule has 0 radical (unpaired) electrons. The number of rotatable bonds is 1. The summed E-state index contributed by atoms with van der Waals surface area (Å²) in [6, 6.07) is -0.0971. The summed E-state index contributed by atoms with van der Waals surface area (Å²) in [6.07, 6.45) is 3.90. The second kappa shape index (κ2) is 4.82. The van der Waals surface area contributed by atoms with Gasteiger partial charge in [0.05, 0.1) is 11.6 Å². The second-order valence-electron chi connectivity index (χ2n) is 6.84. The van der Waals surface area contributed by atoms with Crippen molar-refractivity contribution in [1.82, 2.24) is 10.2 Å². The van der Waals surface area contributed by atoms with E-state index in [1.54, 1.807) is 0 Å². The Hall–Kier alpha value is -0.610. The van der Waals surface area contributed by atoms with Crippen molar-refractivity contribution in [3.63, 3.8) is 0 Å². The highest BCUT2D eigenvalue weighted by Crippen LogP contribution is 2.32. The first kappa shape index (κ1) is 13.8. The summed E-state index contributed by atoms with van der Waals surface area (Å²) in [5.74, 6) is 0.166. The van der Waals surface area contributed by atoms with Crippen LogP contribution in [0, 0.1) is 5.41 Å². The molecule has 0 saturated carbocycles. The smallest absolute Gasteiger partial charge is 0.240 e. The maximum absolute atomic E-state index is 12.6. The van der Waals surface area contributed by atoms with Gasteiger partial charge in [-0.1, -0.05) is 13.8 Å². The van der Waals surface area contributed by atoms with Crippen molar-refractivity contribution in [2.75, 3.05) is 19.6 Å². The Morgan fingerprint density at radius 2 is 2.00 bits per heavy atom. The molecule has 0 aliphatic carbocycles. The van der Waals surface area contributed by atoms with Gasteiger partial charge >= 0.3 is 0 Å². The summed E-state index contributed by atoms with van der Waals surface area (Å²) in [7, 11) is 0. The molecule has 4 heteroatoms. The third-order valence-corrected chi connectivity index (χ3v) is 4.36. The predicted molar refractivity (Wildman–Crippen MR) is 71.2 cm³/mol. The SMILES string of the molecule is CC1(O)CCCN(C(=O)C2NCCCC2(C)C)C1. The lowest BCUT2D eigenvalue weighted by atomic mass is 9.76. The zero-order chi connectivity index (χ0) is 13.4. The minimum Gasteiger partial charge on any atom is -0.388 e. The number of nitrogens with one attached hydrogen (secondary N) is 1. The molecule has 2 aliphatic heterocycles. The van der Waals surface area contributed by atoms with Crippen LogP contribution < -0.4 is 5.32 Å². The van der Waals surface area contributed by atoms with Crippen LogP contribution >= 0.6 is 0 Å². The molecule has 2 saturated heterocycles. The van der Waals surface area contributed by atoms with E-state index in [0.717, 1.165) is 38.8 Å². The Labute approximate surface area is 110 Å². The van der Waals surface area contributed by atoms with E-state index in [-0.39, 0.29) is 17.4 Å². The first-order valence-electron chi connectivity index (χ1n) is 7.06. The van der Waals surface area contributed by atoms with Crippen molar-refractivity contribution in [3.8, 4) is 0 Å². The first-order valence-corrected chi connectivity index (χ1v) is 7.06. The molecule has 0 aromatic heterocycles. The molecule has 1 amide bonds. The summed E-state index contributed by atoms with van der Waals surface area (Å²) < 4.78 is 0. The highest BCUT2D eigenvalue weighted by atomic mass is 16.3. The molecular formula is C14H26N2O2. The van der Waals surface area contributed by atoms with Gasteiger partial charge < -0.3 is 15.3 Å². The Morgan fingerprint density at radius 1 is 1.28 bits per heavy atom. The fourth-order valence-electron chi connectivity index (χ4n) is 3.22. The molecule has 2 heterocycles. The number of piperidine rings is 2. The molecule has 0 aromatic carbocycles. The van der Waals surface area contributed by atoms with Crippen LogP contribution in [0.25, 0.3) is 0 Å². The van der Waals surface area contributed by atoms with E-state index >= 15 is 0 Å². The van der Waals surface area contributed by atoms with E-state index in [2.05, 4.69) is 19.2 Å². The molecule has 104 valence electrons. The lowest BCUT2D eigenvalue weighted by molar-refractivity contribution is -0.143. The van der Waals surface area contributed by atoms with Gasteiger partial charge in [0.1, 0.15) is 0 Å². The molecule has 2 fully saturated rings. The van der Waals surface area contributed by atoms with Crippen LogP contribution in [0.4, 0.5) is 0 Å². The van der Waals surface area contributed by atoms with E-state index in [0.29, 0.717) is 6.54 Å². The van der Waals surface area contributed by atoms with Gasteiger partial charge in [-0.3, -0.25) is 4.79 Å². The lowest BCUT2D eigenvalue weighted by Gasteiger charge is -2.44. The van der Waals surface area contributed by atoms with Gasteiger partial charge in [-0.05, 0) is 44.6 Å². The maximum atomic E-state index is 12.6. The Balaban J connectivity index is 2.06. The highest BCUT2D eigenvalue weighted by Gasteiger charge is 2.41. The third-order valence-electron chi connectivity index (χ3n) is 4.36. The number of carbonyl (C=O) groups excluding carboxylic acids is 1. The van der Waals surface area contributed by atoms with Crippen molar-refractivity contribution in [3.05, 3.63) is 0 Å². The predicted octanol–water partition coefficient (Wildman–Crippen LogP) is 1.14. The Kier molecular flexibility index (Phi) is 3.70. The molecule has 4 nitrogen and oxygen atoms in total. The number of aliphatic hydroxyl groups is 1. The van der Waals surface area contributed by atoms with Gasteiger partial charge in [-0.2, -0.15) is 0 Å². The van der Waals surface area contributed by atoms with E-state index in [1.807, 2.05) is 11.8 Å². The Morgan fingerprint density at radius 3 is 2.61 bits per heavy atom. The number of carbonyl (C=O) groups is 1. The highest BCUT2D eigenvalue weighted by molar-refractivity contribution is 5.83. The van der Waals surface area contributed by atoms with Crippen molar-refractivity contribution in [1.29, 1.82) is 0 Å². The topological polar surface area (TPSA) is 52.6 Å². The van der Waals surface area contributed by atoms with E-state index in [1.165, 1.54) is 0 Å². The van der Waals surface area contributed by atoms with Crippen molar-refractivity contribution in [2.24, 2.45) is 5.41 Å². The molecule has 0 aromatic rings. The summed E-state index contributed by atoms with van der Waals surface area (Å²) in [5, 5.41) is 13.5. The molecule has 2 unspecified atom stereocenters. The van der Waals surface area contributed by atoms with Crippen molar-refractivity contribution < 1.29 is 9.90 Å². The van der Waals surface area contributed by atoms with Gasteiger partial charge in [0.15, 0.2) is 0 Å². The third kappa shape index (κ3) is 2.86. The quantitative estimate of drug-likeness (QED) is 0.738. The maximum Gasteiger partial charge on any atom is 0.240 e. The lowest BCUT2D eigenvalue weighted by Crippen LogP contribution is -2.59. The van der Waals surface area contributed by atoms with Gasteiger partial charge in [0, 0.05) is 13.1 Å². The van der Waals surface area contributed by atoms with Crippen LogP contribution in [0.15, 0.2) is 0 Å². The number of β-amino-alcohol motifs (C(OH)–C–C–N with tert-alkyl or cyclic N) is 1. The molecule has 0 bridgehead atoms. The van der Waals surface area contributed by atoms with Crippen molar-refractivity contribution >= 4 is 5.91 Å². The molecule has 2 rings (SSSR count). The number of amides is 1. The fourth-order valence-corrected chi connectivity index (χ4v) is 3.22. The zero-order valence-electron chi connectivity index (χ0n) is 11.8. The van der Waals surface area contributed by atoms with Crippen LogP contribution in [0.2, 0.25) is 0 Å². The minimum atomic E-state index is -0.716. The number of hydrogen-bond donors (Lipinski definition) is 2. The van der Waals surface area contributed by atoms with E-state index in [9.17, 15) is 9.90 Å². The summed E-state index contributed by atoms with van der Waals surface area (Å²) >= 11 is 0. The van der Waals surface area contributed by atoms with E-state index < -0.39 is 5.60 Å². The first-order chi connectivity index (χ1) is 8.32. The molecule has 2 aliphatic rings.